The predicted octanol–water partition coefficient (Wildman–Crippen LogP) is 4.80. The second kappa shape index (κ2) is 5.28. The van der Waals surface area contributed by atoms with E-state index in [4.69, 9.17) is 0 Å². The van der Waals surface area contributed by atoms with Crippen LogP contribution in [0.1, 0.15) is 35.4 Å². The van der Waals surface area contributed by atoms with Crippen LogP contribution < -0.4 is 5.32 Å². The Hall–Kier alpha value is -1.83. The topological polar surface area (TPSA) is 12.0 Å². The number of hydrogen-bond donors (Lipinski definition) is 1. The Balaban J connectivity index is 1.61. The second-order valence-corrected chi connectivity index (χ2v) is 5.88. The Morgan fingerprint density at radius 2 is 1.85 bits per heavy atom. The molecular weight excluding hydrogens is 249 g/mol. The van der Waals surface area contributed by atoms with Gasteiger partial charge in [-0.05, 0) is 61.9 Å². The lowest BCUT2D eigenvalue weighted by molar-refractivity contribution is 0.374. The molecule has 0 bridgehead atoms. The molecule has 104 valence electrons. The number of rotatable bonds is 3. The van der Waals surface area contributed by atoms with E-state index in [1.165, 1.54) is 17.2 Å². The normalized spacial score (nSPS) is 21.4. The molecule has 0 radical (unpaired) electrons. The molecule has 1 saturated carbocycles. The van der Waals surface area contributed by atoms with E-state index >= 15 is 0 Å². The van der Waals surface area contributed by atoms with Gasteiger partial charge in [0, 0.05) is 11.7 Å². The van der Waals surface area contributed by atoms with Crippen LogP contribution in [0.2, 0.25) is 0 Å². The largest absolute Gasteiger partial charge is 0.382 e. The van der Waals surface area contributed by atoms with Gasteiger partial charge in [-0.15, -0.1) is 0 Å². The molecule has 20 heavy (non-hydrogen) atoms. The quantitative estimate of drug-likeness (QED) is 0.844. The zero-order chi connectivity index (χ0) is 14.1. The number of hydrogen-bond acceptors (Lipinski definition) is 1. The highest BCUT2D eigenvalue weighted by Crippen LogP contribution is 2.39. The molecule has 1 N–H and O–H groups in total. The van der Waals surface area contributed by atoms with Gasteiger partial charge in [-0.1, -0.05) is 29.8 Å². The van der Waals surface area contributed by atoms with Crippen molar-refractivity contribution in [2.45, 2.75) is 38.6 Å². The van der Waals surface area contributed by atoms with E-state index in [0.29, 0.717) is 12.0 Å². The molecule has 1 aliphatic carbocycles. The average molecular weight is 269 g/mol. The van der Waals surface area contributed by atoms with Gasteiger partial charge in [0.2, 0.25) is 0 Å². The Morgan fingerprint density at radius 1 is 1.05 bits per heavy atom. The third kappa shape index (κ3) is 2.69. The molecule has 2 aromatic rings. The van der Waals surface area contributed by atoms with Crippen LogP contribution in [-0.2, 0) is 0 Å². The highest BCUT2D eigenvalue weighted by Gasteiger charge is 2.30. The first kappa shape index (κ1) is 13.2. The van der Waals surface area contributed by atoms with Crippen LogP contribution in [0.15, 0.2) is 42.5 Å². The van der Waals surface area contributed by atoms with Gasteiger partial charge in [0.25, 0.3) is 0 Å². The predicted molar refractivity (Wildman–Crippen MR) is 81.7 cm³/mol. The van der Waals surface area contributed by atoms with E-state index in [2.05, 4.69) is 36.5 Å². The molecule has 1 aliphatic rings. The molecule has 0 aliphatic heterocycles. The van der Waals surface area contributed by atoms with Crippen LogP contribution in [0.5, 0.6) is 0 Å². The van der Waals surface area contributed by atoms with Crippen LogP contribution in [0.3, 0.4) is 0 Å². The standard InChI is InChI=1S/C18H20FN/c1-12-4-3-5-14(8-12)15-10-17(11-15)20-18-7-6-16(19)9-13(18)2/h3-9,15,17,20H,10-11H2,1-2H3. The first-order valence-corrected chi connectivity index (χ1v) is 7.21. The summed E-state index contributed by atoms with van der Waals surface area (Å²) in [5.41, 5.74) is 4.80. The lowest BCUT2D eigenvalue weighted by atomic mass is 9.75. The minimum absolute atomic E-state index is 0.167. The van der Waals surface area contributed by atoms with Crippen molar-refractivity contribution >= 4 is 5.69 Å². The molecule has 0 aromatic heterocycles. The second-order valence-electron chi connectivity index (χ2n) is 5.88. The van der Waals surface area contributed by atoms with Gasteiger partial charge in [0.1, 0.15) is 5.82 Å². The van der Waals surface area contributed by atoms with Gasteiger partial charge in [-0.25, -0.2) is 4.39 Å². The van der Waals surface area contributed by atoms with Crippen molar-refractivity contribution < 1.29 is 4.39 Å². The smallest absolute Gasteiger partial charge is 0.123 e. The van der Waals surface area contributed by atoms with Crippen LogP contribution in [0.4, 0.5) is 10.1 Å². The van der Waals surface area contributed by atoms with E-state index in [1.807, 2.05) is 13.0 Å². The zero-order valence-corrected chi connectivity index (χ0v) is 12.0. The van der Waals surface area contributed by atoms with Crippen LogP contribution in [0.25, 0.3) is 0 Å². The molecule has 0 atom stereocenters. The van der Waals surface area contributed by atoms with Gasteiger partial charge in [0.05, 0.1) is 0 Å². The number of aryl methyl sites for hydroxylation is 2. The third-order valence-electron chi connectivity index (χ3n) is 4.20. The summed E-state index contributed by atoms with van der Waals surface area (Å²) in [7, 11) is 0. The van der Waals surface area contributed by atoms with Crippen molar-refractivity contribution in [2.75, 3.05) is 5.32 Å². The fourth-order valence-electron chi connectivity index (χ4n) is 2.94. The van der Waals surface area contributed by atoms with E-state index in [0.717, 1.165) is 24.1 Å². The number of nitrogens with one attached hydrogen (secondary N) is 1. The van der Waals surface area contributed by atoms with Crippen molar-refractivity contribution in [3.8, 4) is 0 Å². The van der Waals surface area contributed by atoms with Gasteiger partial charge >= 0.3 is 0 Å². The molecule has 2 aromatic carbocycles. The van der Waals surface area contributed by atoms with Crippen molar-refractivity contribution in [1.29, 1.82) is 0 Å². The molecule has 2 heteroatoms. The number of anilines is 1. The maximum atomic E-state index is 13.1. The minimum Gasteiger partial charge on any atom is -0.382 e. The Kier molecular flexibility index (Phi) is 3.47. The van der Waals surface area contributed by atoms with E-state index in [-0.39, 0.29) is 5.82 Å². The maximum absolute atomic E-state index is 13.1. The molecular formula is C18H20FN. The van der Waals surface area contributed by atoms with Crippen molar-refractivity contribution in [2.24, 2.45) is 0 Å². The first-order chi connectivity index (χ1) is 9.61. The SMILES string of the molecule is Cc1cccc(C2CC(Nc3ccc(F)cc3C)C2)c1. The maximum Gasteiger partial charge on any atom is 0.123 e. The molecule has 1 nitrogen and oxygen atoms in total. The summed E-state index contributed by atoms with van der Waals surface area (Å²) in [6.45, 7) is 4.09. The molecule has 3 rings (SSSR count). The minimum atomic E-state index is -0.167. The summed E-state index contributed by atoms with van der Waals surface area (Å²) >= 11 is 0. The molecule has 0 heterocycles. The van der Waals surface area contributed by atoms with Gasteiger partial charge in [-0.3, -0.25) is 0 Å². The molecule has 0 saturated heterocycles. The van der Waals surface area contributed by atoms with E-state index in [9.17, 15) is 4.39 Å². The highest BCUT2D eigenvalue weighted by molar-refractivity contribution is 5.52. The zero-order valence-electron chi connectivity index (χ0n) is 12.0. The highest BCUT2D eigenvalue weighted by atomic mass is 19.1. The fourth-order valence-corrected chi connectivity index (χ4v) is 2.94. The molecule has 0 amide bonds. The van der Waals surface area contributed by atoms with Gasteiger partial charge in [0.15, 0.2) is 0 Å². The summed E-state index contributed by atoms with van der Waals surface area (Å²) in [4.78, 5) is 0. The molecule has 0 spiro atoms. The monoisotopic (exact) mass is 269 g/mol. The van der Waals surface area contributed by atoms with Crippen LogP contribution in [0, 0.1) is 19.7 Å². The van der Waals surface area contributed by atoms with Crippen molar-refractivity contribution in [1.82, 2.24) is 0 Å². The number of benzene rings is 2. The summed E-state index contributed by atoms with van der Waals surface area (Å²) in [5, 5.41) is 3.52. The average Bonchev–Trinajstić information content (AvgIpc) is 2.35. The Morgan fingerprint density at radius 3 is 2.55 bits per heavy atom. The molecule has 0 unspecified atom stereocenters. The summed E-state index contributed by atoms with van der Waals surface area (Å²) in [5.74, 6) is 0.493. The van der Waals surface area contributed by atoms with Gasteiger partial charge < -0.3 is 5.32 Å². The van der Waals surface area contributed by atoms with E-state index < -0.39 is 0 Å². The summed E-state index contributed by atoms with van der Waals surface area (Å²) < 4.78 is 13.1. The Bertz CT molecular complexity index is 615. The number of halogens is 1. The van der Waals surface area contributed by atoms with Crippen LogP contribution in [-0.4, -0.2) is 6.04 Å². The van der Waals surface area contributed by atoms with Crippen molar-refractivity contribution in [3.63, 3.8) is 0 Å². The van der Waals surface area contributed by atoms with Gasteiger partial charge in [-0.2, -0.15) is 0 Å². The first-order valence-electron chi connectivity index (χ1n) is 7.21. The Labute approximate surface area is 119 Å². The van der Waals surface area contributed by atoms with Crippen molar-refractivity contribution in [3.05, 3.63) is 65.0 Å². The summed E-state index contributed by atoms with van der Waals surface area (Å²) in [6.07, 6.45) is 2.31. The van der Waals surface area contributed by atoms with E-state index in [1.54, 1.807) is 6.07 Å². The van der Waals surface area contributed by atoms with Crippen LogP contribution >= 0.6 is 0 Å². The lowest BCUT2D eigenvalue weighted by Gasteiger charge is -2.37. The third-order valence-corrected chi connectivity index (χ3v) is 4.20. The lowest BCUT2D eigenvalue weighted by Crippen LogP contribution is -2.34. The molecule has 1 fully saturated rings. The summed E-state index contributed by atoms with van der Waals surface area (Å²) in [6, 6.07) is 14.2. The fraction of sp³-hybridized carbons (Fsp3) is 0.333.